The van der Waals surface area contributed by atoms with Crippen molar-refractivity contribution in [1.82, 2.24) is 25.5 Å². The molecule has 0 aliphatic heterocycles. The lowest BCUT2D eigenvalue weighted by Gasteiger charge is -2.31. The maximum Gasteiger partial charge on any atom is 0.149 e. The van der Waals surface area contributed by atoms with E-state index in [2.05, 4.69) is 49.1 Å². The van der Waals surface area contributed by atoms with E-state index in [1.807, 2.05) is 12.1 Å². The van der Waals surface area contributed by atoms with Crippen LogP contribution in [-0.2, 0) is 4.74 Å². The molecule has 2 fully saturated rings. The van der Waals surface area contributed by atoms with Crippen LogP contribution in [0.15, 0.2) is 24.7 Å². The Kier molecular flexibility index (Phi) is 7.12. The van der Waals surface area contributed by atoms with Crippen molar-refractivity contribution in [3.63, 3.8) is 0 Å². The molecule has 32 heavy (non-hydrogen) atoms. The minimum atomic E-state index is -0.236. The first-order chi connectivity index (χ1) is 15.6. The summed E-state index contributed by atoms with van der Waals surface area (Å²) >= 11 is 0. The number of aromatic nitrogens is 4. The Hall–Kier alpha value is -2.83. The van der Waals surface area contributed by atoms with Crippen molar-refractivity contribution in [1.29, 1.82) is 5.26 Å². The van der Waals surface area contributed by atoms with Crippen LogP contribution >= 0.6 is 0 Å². The zero-order chi connectivity index (χ0) is 22.4. The summed E-state index contributed by atoms with van der Waals surface area (Å²) in [6.45, 7) is 3.50. The standard InChI is InChI=1S/C23H32N8O/c1-16(12-32-2)29-18-3-5-19(6-4-18)30-21-10-20(26-15-27-21)17-9-22(31-28-11-17)25-14-23(13-24)7-8-23/h9-11,15-16,18-19,29H,3-8,12,14H2,1-2H3,(H,25,31)(H,26,27,30). The van der Waals surface area contributed by atoms with E-state index in [9.17, 15) is 5.26 Å². The van der Waals surface area contributed by atoms with E-state index < -0.39 is 0 Å². The maximum atomic E-state index is 9.25. The third-order valence-corrected chi connectivity index (χ3v) is 6.33. The third-order valence-electron chi connectivity index (χ3n) is 6.33. The van der Waals surface area contributed by atoms with Gasteiger partial charge in [-0.3, -0.25) is 0 Å². The van der Waals surface area contributed by atoms with Crippen molar-refractivity contribution in [3.8, 4) is 17.3 Å². The fourth-order valence-electron chi connectivity index (χ4n) is 4.24. The predicted octanol–water partition coefficient (Wildman–Crippen LogP) is 3.00. The van der Waals surface area contributed by atoms with Gasteiger partial charge < -0.3 is 20.7 Å². The van der Waals surface area contributed by atoms with Gasteiger partial charge in [0.1, 0.15) is 18.0 Å². The molecule has 9 heteroatoms. The highest BCUT2D eigenvalue weighted by atomic mass is 16.5. The molecule has 9 nitrogen and oxygen atoms in total. The molecule has 2 heterocycles. The molecule has 0 spiro atoms. The minimum Gasteiger partial charge on any atom is -0.383 e. The van der Waals surface area contributed by atoms with Gasteiger partial charge in [-0.05, 0) is 51.5 Å². The Balaban J connectivity index is 1.32. The third kappa shape index (κ3) is 5.90. The molecule has 1 unspecified atom stereocenters. The van der Waals surface area contributed by atoms with Crippen LogP contribution < -0.4 is 16.0 Å². The van der Waals surface area contributed by atoms with Crippen molar-refractivity contribution >= 4 is 11.6 Å². The molecular formula is C23H32N8O. The monoisotopic (exact) mass is 436 g/mol. The number of nitriles is 1. The highest BCUT2D eigenvalue weighted by Crippen LogP contribution is 2.44. The fraction of sp³-hybridized carbons (Fsp3) is 0.609. The number of hydrogen-bond donors (Lipinski definition) is 3. The predicted molar refractivity (Wildman–Crippen MR) is 123 cm³/mol. The van der Waals surface area contributed by atoms with Crippen LogP contribution in [0.25, 0.3) is 11.3 Å². The lowest BCUT2D eigenvalue weighted by atomic mass is 9.90. The molecule has 0 radical (unpaired) electrons. The summed E-state index contributed by atoms with van der Waals surface area (Å²) in [6.07, 6.45) is 9.63. The van der Waals surface area contributed by atoms with Gasteiger partial charge in [0.25, 0.3) is 0 Å². The number of ether oxygens (including phenoxy) is 1. The average Bonchev–Trinajstić information content (AvgIpc) is 3.60. The van der Waals surface area contributed by atoms with Gasteiger partial charge in [-0.15, -0.1) is 5.10 Å². The van der Waals surface area contributed by atoms with Gasteiger partial charge in [0, 0.05) is 43.4 Å². The molecule has 2 saturated carbocycles. The molecular weight excluding hydrogens is 404 g/mol. The smallest absolute Gasteiger partial charge is 0.149 e. The van der Waals surface area contributed by atoms with Crippen molar-refractivity contribution < 1.29 is 4.74 Å². The number of methoxy groups -OCH3 is 1. The first kappa shape index (κ1) is 22.4. The van der Waals surface area contributed by atoms with Crippen molar-refractivity contribution in [2.45, 2.75) is 63.6 Å². The second-order valence-corrected chi connectivity index (χ2v) is 9.08. The second-order valence-electron chi connectivity index (χ2n) is 9.08. The Morgan fingerprint density at radius 3 is 2.66 bits per heavy atom. The second kappa shape index (κ2) is 10.2. The first-order valence-electron chi connectivity index (χ1n) is 11.4. The van der Waals surface area contributed by atoms with E-state index in [0.717, 1.165) is 62.2 Å². The molecule has 0 amide bonds. The number of anilines is 2. The molecule has 0 saturated heterocycles. The first-order valence-corrected chi connectivity index (χ1v) is 11.4. The summed E-state index contributed by atoms with van der Waals surface area (Å²) < 4.78 is 5.22. The number of nitrogens with one attached hydrogen (secondary N) is 3. The average molecular weight is 437 g/mol. The summed E-state index contributed by atoms with van der Waals surface area (Å²) in [5.74, 6) is 1.48. The van der Waals surface area contributed by atoms with Crippen LogP contribution in [0.2, 0.25) is 0 Å². The van der Waals surface area contributed by atoms with Gasteiger partial charge in [0.2, 0.25) is 0 Å². The van der Waals surface area contributed by atoms with Crippen LogP contribution in [0.4, 0.5) is 11.6 Å². The zero-order valence-corrected chi connectivity index (χ0v) is 18.8. The quantitative estimate of drug-likeness (QED) is 0.516. The minimum absolute atomic E-state index is 0.236. The lowest BCUT2D eigenvalue weighted by Crippen LogP contribution is -2.42. The van der Waals surface area contributed by atoms with Gasteiger partial charge in [0.05, 0.1) is 30.0 Å². The van der Waals surface area contributed by atoms with Crippen molar-refractivity contribution in [3.05, 3.63) is 24.7 Å². The van der Waals surface area contributed by atoms with Gasteiger partial charge in [-0.2, -0.15) is 10.4 Å². The summed E-state index contributed by atoms with van der Waals surface area (Å²) in [5.41, 5.74) is 1.43. The molecule has 0 aromatic carbocycles. The van der Waals surface area contributed by atoms with Gasteiger partial charge in [-0.1, -0.05) is 0 Å². The Morgan fingerprint density at radius 2 is 1.94 bits per heavy atom. The van der Waals surface area contributed by atoms with E-state index >= 15 is 0 Å². The summed E-state index contributed by atoms with van der Waals surface area (Å²) in [6, 6.07) is 7.59. The van der Waals surface area contributed by atoms with Crippen LogP contribution in [0.5, 0.6) is 0 Å². The van der Waals surface area contributed by atoms with Gasteiger partial charge >= 0.3 is 0 Å². The summed E-state index contributed by atoms with van der Waals surface area (Å²) in [7, 11) is 1.74. The molecule has 1 atom stereocenters. The van der Waals surface area contributed by atoms with Gasteiger partial charge in [-0.25, -0.2) is 9.97 Å². The Labute approximate surface area is 189 Å². The van der Waals surface area contributed by atoms with Crippen molar-refractivity contribution in [2.75, 3.05) is 30.9 Å². The Bertz CT molecular complexity index is 934. The van der Waals surface area contributed by atoms with Crippen molar-refractivity contribution in [2.24, 2.45) is 5.41 Å². The number of rotatable bonds is 10. The van der Waals surface area contributed by atoms with E-state index in [1.54, 1.807) is 19.6 Å². The topological polar surface area (TPSA) is 121 Å². The largest absolute Gasteiger partial charge is 0.383 e. The fourth-order valence-corrected chi connectivity index (χ4v) is 4.24. The molecule has 2 aromatic rings. The highest BCUT2D eigenvalue weighted by Gasteiger charge is 2.42. The van der Waals surface area contributed by atoms with Crippen LogP contribution in [-0.4, -0.2) is 58.6 Å². The molecule has 170 valence electrons. The van der Waals surface area contributed by atoms with E-state index in [1.165, 1.54) is 0 Å². The zero-order valence-electron chi connectivity index (χ0n) is 18.8. The van der Waals surface area contributed by atoms with E-state index in [-0.39, 0.29) is 5.41 Å². The van der Waals surface area contributed by atoms with E-state index in [4.69, 9.17) is 4.74 Å². The molecule has 0 bridgehead atoms. The van der Waals surface area contributed by atoms with E-state index in [0.29, 0.717) is 30.5 Å². The summed E-state index contributed by atoms with van der Waals surface area (Å²) in [5, 5.41) is 28.0. The maximum absolute atomic E-state index is 9.25. The molecule has 2 aliphatic rings. The van der Waals surface area contributed by atoms with Crippen LogP contribution in [0.1, 0.15) is 45.4 Å². The van der Waals surface area contributed by atoms with Crippen LogP contribution in [0, 0.1) is 16.7 Å². The summed E-state index contributed by atoms with van der Waals surface area (Å²) in [4.78, 5) is 8.84. The number of hydrogen-bond acceptors (Lipinski definition) is 9. The molecule has 3 N–H and O–H groups in total. The highest BCUT2D eigenvalue weighted by molar-refractivity contribution is 5.64. The SMILES string of the molecule is COCC(C)NC1CCC(Nc2cc(-c3cnnc(NCC4(C#N)CC4)c3)ncn2)CC1. The Morgan fingerprint density at radius 1 is 1.16 bits per heavy atom. The lowest BCUT2D eigenvalue weighted by molar-refractivity contribution is 0.161. The van der Waals surface area contributed by atoms with Crippen LogP contribution in [0.3, 0.4) is 0 Å². The normalized spacial score (nSPS) is 22.5. The van der Waals surface area contributed by atoms with Gasteiger partial charge in [0.15, 0.2) is 0 Å². The number of nitrogens with zero attached hydrogens (tertiary/aromatic N) is 5. The molecule has 2 aliphatic carbocycles. The molecule has 4 rings (SSSR count). The molecule has 2 aromatic heterocycles.